The van der Waals surface area contributed by atoms with Crippen LogP contribution in [0.25, 0.3) is 11.1 Å². The molecule has 3 aromatic rings. The van der Waals surface area contributed by atoms with Gasteiger partial charge in [0.25, 0.3) is 0 Å². The van der Waals surface area contributed by atoms with Crippen molar-refractivity contribution in [2.75, 3.05) is 0 Å². The third kappa shape index (κ3) is 2.84. The highest BCUT2D eigenvalue weighted by Gasteiger charge is 2.16. The number of aromatic carboxylic acids is 1. The van der Waals surface area contributed by atoms with Gasteiger partial charge >= 0.3 is 5.97 Å². The van der Waals surface area contributed by atoms with Crippen molar-refractivity contribution in [1.82, 2.24) is 15.4 Å². The molecule has 0 saturated carbocycles. The number of hydrogen-bond acceptors (Lipinski definition) is 4. The van der Waals surface area contributed by atoms with Gasteiger partial charge in [-0.1, -0.05) is 42.1 Å². The molecule has 0 saturated heterocycles. The Morgan fingerprint density at radius 2 is 1.82 bits per heavy atom. The van der Waals surface area contributed by atoms with E-state index in [1.54, 1.807) is 42.5 Å². The molecule has 0 fully saturated rings. The molecule has 1 aromatic heterocycles. The van der Waals surface area contributed by atoms with Gasteiger partial charge in [-0.3, -0.25) is 0 Å². The van der Waals surface area contributed by atoms with Gasteiger partial charge in [0.15, 0.2) is 5.03 Å². The first-order valence-corrected chi connectivity index (χ1v) is 7.13. The minimum atomic E-state index is -1.14. The van der Waals surface area contributed by atoms with Crippen molar-refractivity contribution in [3.63, 3.8) is 0 Å². The highest BCUT2D eigenvalue weighted by Crippen LogP contribution is 2.30. The van der Waals surface area contributed by atoms with Gasteiger partial charge in [-0.15, -0.1) is 10.2 Å². The van der Waals surface area contributed by atoms with Gasteiger partial charge in [-0.05, 0) is 23.8 Å². The van der Waals surface area contributed by atoms with Crippen LogP contribution in [0.1, 0.15) is 10.5 Å². The molecule has 2 aromatic carbocycles. The largest absolute Gasteiger partial charge is 0.476 e. The lowest BCUT2D eigenvalue weighted by molar-refractivity contribution is 0.0686. The van der Waals surface area contributed by atoms with E-state index in [0.717, 1.165) is 10.5 Å². The van der Waals surface area contributed by atoms with Crippen molar-refractivity contribution >= 4 is 17.7 Å². The van der Waals surface area contributed by atoms with Gasteiger partial charge in [0.1, 0.15) is 5.82 Å². The summed E-state index contributed by atoms with van der Waals surface area (Å²) >= 11 is 1.18. The fraction of sp³-hybridized carbons (Fsp3) is 0. The number of rotatable bonds is 4. The molecule has 2 N–H and O–H groups in total. The van der Waals surface area contributed by atoms with Gasteiger partial charge in [0.2, 0.25) is 5.69 Å². The Hall–Kier alpha value is -2.67. The monoisotopic (exact) mass is 315 g/mol. The first kappa shape index (κ1) is 14.3. The van der Waals surface area contributed by atoms with Gasteiger partial charge in [-0.2, -0.15) is 5.21 Å². The number of benzene rings is 2. The maximum absolute atomic E-state index is 13.7. The van der Waals surface area contributed by atoms with E-state index in [1.807, 2.05) is 0 Å². The summed E-state index contributed by atoms with van der Waals surface area (Å²) < 4.78 is 13.7. The number of hydrogen-bond donors (Lipinski definition) is 2. The molecule has 0 amide bonds. The van der Waals surface area contributed by atoms with Crippen LogP contribution in [0.3, 0.4) is 0 Å². The molecule has 0 unspecified atom stereocenters. The third-order valence-corrected chi connectivity index (χ3v) is 3.96. The summed E-state index contributed by atoms with van der Waals surface area (Å²) in [5, 5.41) is 19.0. The highest BCUT2D eigenvalue weighted by molar-refractivity contribution is 7.99. The van der Waals surface area contributed by atoms with Crippen LogP contribution in [0.4, 0.5) is 4.39 Å². The van der Waals surface area contributed by atoms with E-state index in [1.165, 1.54) is 17.8 Å². The first-order chi connectivity index (χ1) is 10.6. The summed E-state index contributed by atoms with van der Waals surface area (Å²) in [5.74, 6) is -1.42. The van der Waals surface area contributed by atoms with E-state index < -0.39 is 5.97 Å². The molecule has 5 nitrogen and oxygen atoms in total. The second-order valence-electron chi connectivity index (χ2n) is 4.39. The van der Waals surface area contributed by atoms with Crippen molar-refractivity contribution < 1.29 is 14.3 Å². The van der Waals surface area contributed by atoms with Crippen molar-refractivity contribution in [3.8, 4) is 11.1 Å². The molecule has 110 valence electrons. The maximum atomic E-state index is 13.7. The van der Waals surface area contributed by atoms with Crippen LogP contribution in [0.2, 0.25) is 0 Å². The smallest absolute Gasteiger partial charge is 0.359 e. The molecule has 22 heavy (non-hydrogen) atoms. The topological polar surface area (TPSA) is 78.9 Å². The molecular weight excluding hydrogens is 305 g/mol. The predicted molar refractivity (Wildman–Crippen MR) is 79.3 cm³/mol. The van der Waals surface area contributed by atoms with Gasteiger partial charge < -0.3 is 5.11 Å². The fourth-order valence-corrected chi connectivity index (χ4v) is 2.75. The summed E-state index contributed by atoms with van der Waals surface area (Å²) in [4.78, 5) is 11.8. The average molecular weight is 315 g/mol. The number of nitrogens with one attached hydrogen (secondary N) is 1. The van der Waals surface area contributed by atoms with Gasteiger partial charge in [-0.25, -0.2) is 9.18 Å². The number of carboxylic acid groups (broad SMARTS) is 1. The molecule has 0 atom stereocenters. The van der Waals surface area contributed by atoms with E-state index in [0.29, 0.717) is 5.56 Å². The molecule has 0 bridgehead atoms. The Morgan fingerprint density at radius 3 is 2.50 bits per heavy atom. The zero-order chi connectivity index (χ0) is 15.5. The summed E-state index contributed by atoms with van der Waals surface area (Å²) in [6, 6.07) is 13.7. The third-order valence-electron chi connectivity index (χ3n) is 2.97. The van der Waals surface area contributed by atoms with Gasteiger partial charge in [0.05, 0.1) is 0 Å². The Bertz CT molecular complexity index is 818. The van der Waals surface area contributed by atoms with Crippen molar-refractivity contribution in [2.45, 2.75) is 9.92 Å². The molecule has 7 heteroatoms. The van der Waals surface area contributed by atoms with Crippen molar-refractivity contribution in [3.05, 3.63) is 60.0 Å². The van der Waals surface area contributed by atoms with Crippen LogP contribution in [0.5, 0.6) is 0 Å². The standard InChI is InChI=1S/C15H10FN3O2S/c16-12-4-2-1-3-11(12)9-5-7-10(8-6-9)22-14-13(15(20)21)17-19-18-14/h1-8H,(H,20,21)(H,17,18,19). The van der Waals surface area contributed by atoms with Crippen LogP contribution >= 0.6 is 11.8 Å². The van der Waals surface area contributed by atoms with Crippen LogP contribution in [0, 0.1) is 5.82 Å². The fourth-order valence-electron chi connectivity index (χ4n) is 1.94. The molecule has 0 spiro atoms. The first-order valence-electron chi connectivity index (χ1n) is 6.32. The number of H-pyrrole nitrogens is 1. The quantitative estimate of drug-likeness (QED) is 0.771. The van der Waals surface area contributed by atoms with Crippen molar-refractivity contribution in [2.24, 2.45) is 0 Å². The Balaban J connectivity index is 1.84. The minimum absolute atomic E-state index is 0.122. The van der Waals surface area contributed by atoms with Crippen molar-refractivity contribution in [1.29, 1.82) is 0 Å². The summed E-state index contributed by atoms with van der Waals surface area (Å²) in [6.45, 7) is 0. The van der Waals surface area contributed by atoms with E-state index in [9.17, 15) is 9.18 Å². The predicted octanol–water partition coefficient (Wildman–Crippen LogP) is 3.46. The number of carbonyl (C=O) groups is 1. The number of halogens is 1. The number of aromatic nitrogens is 3. The highest BCUT2D eigenvalue weighted by atomic mass is 32.2. The molecule has 0 aliphatic carbocycles. The Morgan fingerprint density at radius 1 is 1.09 bits per heavy atom. The normalized spacial score (nSPS) is 10.6. The van der Waals surface area contributed by atoms with Gasteiger partial charge in [0, 0.05) is 10.5 Å². The molecular formula is C15H10FN3O2S. The van der Waals surface area contributed by atoms with E-state index in [-0.39, 0.29) is 16.5 Å². The lowest BCUT2D eigenvalue weighted by atomic mass is 10.1. The second kappa shape index (κ2) is 5.98. The Labute approximate surface area is 129 Å². The Kier molecular flexibility index (Phi) is 3.88. The average Bonchev–Trinajstić information content (AvgIpc) is 2.97. The molecule has 0 radical (unpaired) electrons. The minimum Gasteiger partial charge on any atom is -0.476 e. The summed E-state index contributed by atoms with van der Waals surface area (Å²) in [7, 11) is 0. The van der Waals surface area contributed by atoms with E-state index in [2.05, 4.69) is 15.4 Å². The molecule has 1 heterocycles. The van der Waals surface area contributed by atoms with E-state index in [4.69, 9.17) is 5.11 Å². The van der Waals surface area contributed by atoms with Crippen LogP contribution in [0.15, 0.2) is 58.5 Å². The van der Waals surface area contributed by atoms with Crippen LogP contribution in [-0.2, 0) is 0 Å². The molecule has 0 aliphatic heterocycles. The zero-order valence-electron chi connectivity index (χ0n) is 11.2. The van der Waals surface area contributed by atoms with E-state index >= 15 is 0 Å². The zero-order valence-corrected chi connectivity index (χ0v) is 12.0. The molecule has 0 aliphatic rings. The number of nitrogens with zero attached hydrogens (tertiary/aromatic N) is 2. The van der Waals surface area contributed by atoms with Crippen LogP contribution < -0.4 is 0 Å². The summed E-state index contributed by atoms with van der Waals surface area (Å²) in [5.41, 5.74) is 1.15. The lowest BCUT2D eigenvalue weighted by Crippen LogP contribution is -1.98. The lowest BCUT2D eigenvalue weighted by Gasteiger charge is -2.04. The second-order valence-corrected chi connectivity index (χ2v) is 5.45. The number of carboxylic acids is 1. The molecule has 3 rings (SSSR count). The SMILES string of the molecule is O=C(O)c1n[nH]nc1Sc1ccc(-c2ccccc2F)cc1. The van der Waals surface area contributed by atoms with Crippen LogP contribution in [-0.4, -0.2) is 26.5 Å². The number of aromatic amines is 1. The summed E-state index contributed by atoms with van der Waals surface area (Å²) in [6.07, 6.45) is 0. The maximum Gasteiger partial charge on any atom is 0.359 e.